The van der Waals surface area contributed by atoms with Crippen molar-refractivity contribution in [3.63, 3.8) is 0 Å². The van der Waals surface area contributed by atoms with Crippen LogP contribution in [-0.2, 0) is 0 Å². The lowest BCUT2D eigenvalue weighted by molar-refractivity contribution is 1.16. The number of fused-ring (bicyclic) bond motifs is 9. The first-order chi connectivity index (χ1) is 34.8. The first kappa shape index (κ1) is 40.1. The van der Waals surface area contributed by atoms with E-state index >= 15 is 0 Å². The molecule has 0 aliphatic carbocycles. The van der Waals surface area contributed by atoms with Crippen molar-refractivity contribution < 1.29 is 0 Å². The Hall–Kier alpha value is -8.96. The van der Waals surface area contributed by atoms with Crippen LogP contribution in [0.1, 0.15) is 0 Å². The van der Waals surface area contributed by atoms with Crippen LogP contribution in [0.4, 0.5) is 0 Å². The second-order valence-electron chi connectivity index (χ2n) is 18.4. The maximum atomic E-state index is 2.58. The highest BCUT2D eigenvalue weighted by Gasteiger charge is 2.43. The van der Waals surface area contributed by atoms with Crippen molar-refractivity contribution in [2.45, 2.75) is 0 Å². The highest BCUT2D eigenvalue weighted by Crippen LogP contribution is 2.41. The second kappa shape index (κ2) is 16.1. The van der Waals surface area contributed by atoms with Crippen molar-refractivity contribution in [3.8, 4) is 28.2 Å². The molecule has 0 bridgehead atoms. The monoisotopic (exact) mass is 907 g/mol. The van der Waals surface area contributed by atoms with Crippen LogP contribution in [0.3, 0.4) is 0 Å². The molecule has 3 nitrogen and oxygen atoms in total. The molecular formula is C66H45N3Si. The quantitative estimate of drug-likeness (QED) is 0.107. The minimum atomic E-state index is -2.98. The number of benzene rings is 11. The Balaban J connectivity index is 1.11. The first-order valence-corrected chi connectivity index (χ1v) is 26.2. The number of rotatable bonds is 8. The Morgan fingerprint density at radius 2 is 0.657 bits per heavy atom. The molecule has 14 rings (SSSR count). The molecule has 0 atom stereocenters. The zero-order valence-corrected chi connectivity index (χ0v) is 39.3. The molecule has 328 valence electrons. The molecule has 0 amide bonds. The Bertz CT molecular complexity index is 4130. The largest absolute Gasteiger partial charge is 0.309 e. The van der Waals surface area contributed by atoms with E-state index in [4.69, 9.17) is 0 Å². The van der Waals surface area contributed by atoms with Gasteiger partial charge >= 0.3 is 0 Å². The molecule has 70 heavy (non-hydrogen) atoms. The molecule has 14 aromatic rings. The molecule has 0 aliphatic rings. The summed E-state index contributed by atoms with van der Waals surface area (Å²) in [5, 5.41) is 12.8. The van der Waals surface area contributed by atoms with E-state index in [0.717, 1.165) is 28.1 Å². The molecule has 3 heterocycles. The average molecular weight is 908 g/mol. The molecular weight excluding hydrogens is 863 g/mol. The molecule has 0 saturated carbocycles. The third-order valence-corrected chi connectivity index (χ3v) is 19.6. The average Bonchev–Trinajstić information content (AvgIpc) is 4.08. The minimum absolute atomic E-state index is 1.13. The molecule has 11 aromatic carbocycles. The van der Waals surface area contributed by atoms with E-state index in [-0.39, 0.29) is 0 Å². The zero-order chi connectivity index (χ0) is 46.2. The van der Waals surface area contributed by atoms with Gasteiger partial charge in [-0.3, -0.25) is 0 Å². The van der Waals surface area contributed by atoms with Gasteiger partial charge in [0.05, 0.1) is 38.8 Å². The lowest BCUT2D eigenvalue weighted by Gasteiger charge is -2.35. The fourth-order valence-corrected chi connectivity index (χ4v) is 16.8. The van der Waals surface area contributed by atoms with Crippen LogP contribution in [-0.4, -0.2) is 21.8 Å². The molecule has 4 heteroatoms. The molecule has 0 unspecified atom stereocenters. The molecule has 0 radical (unpaired) electrons. The number of aromatic nitrogens is 3. The third kappa shape index (κ3) is 5.94. The fraction of sp³-hybridized carbons (Fsp3) is 0. The summed E-state index contributed by atoms with van der Waals surface area (Å²) in [6.07, 6.45) is 0. The summed E-state index contributed by atoms with van der Waals surface area (Å²) in [5.74, 6) is 0. The SMILES string of the molecule is c1ccc(-c2ccccc2-n2c3ccc(-n4c5ccccc5c5ccccc54)cc3c3cc(-n4c5ccccc5c5cccc([Si](c6ccccc6)(c6ccccc6)c6ccccc6)c54)ccc32)cc1. The van der Waals surface area contributed by atoms with E-state index in [9.17, 15) is 0 Å². The van der Waals surface area contributed by atoms with Crippen LogP contribution in [0.15, 0.2) is 273 Å². The summed E-state index contributed by atoms with van der Waals surface area (Å²) in [4.78, 5) is 0. The van der Waals surface area contributed by atoms with Crippen molar-refractivity contribution in [1.29, 1.82) is 0 Å². The van der Waals surface area contributed by atoms with Crippen molar-refractivity contribution in [3.05, 3.63) is 273 Å². The van der Waals surface area contributed by atoms with Crippen LogP contribution in [0.5, 0.6) is 0 Å². The van der Waals surface area contributed by atoms with Gasteiger partial charge in [0.25, 0.3) is 0 Å². The maximum absolute atomic E-state index is 2.98. The van der Waals surface area contributed by atoms with Gasteiger partial charge in [-0.1, -0.05) is 212 Å². The lowest BCUT2D eigenvalue weighted by atomic mass is 10.0. The fourth-order valence-electron chi connectivity index (χ4n) is 11.9. The molecule has 0 aliphatic heterocycles. The summed E-state index contributed by atoms with van der Waals surface area (Å²) in [7, 11) is -2.98. The smallest absolute Gasteiger partial charge is 0.181 e. The van der Waals surface area contributed by atoms with E-state index in [1.54, 1.807) is 0 Å². The van der Waals surface area contributed by atoms with Crippen LogP contribution < -0.4 is 20.7 Å². The molecule has 0 fully saturated rings. The Morgan fingerprint density at radius 3 is 1.20 bits per heavy atom. The van der Waals surface area contributed by atoms with Crippen LogP contribution in [0, 0.1) is 0 Å². The van der Waals surface area contributed by atoms with Crippen molar-refractivity contribution in [2.24, 2.45) is 0 Å². The van der Waals surface area contributed by atoms with E-state index in [2.05, 4.69) is 287 Å². The predicted molar refractivity (Wildman–Crippen MR) is 299 cm³/mol. The highest BCUT2D eigenvalue weighted by atomic mass is 28.3. The summed E-state index contributed by atoms with van der Waals surface area (Å²) in [5.41, 5.74) is 12.9. The van der Waals surface area contributed by atoms with Crippen LogP contribution >= 0.6 is 0 Å². The van der Waals surface area contributed by atoms with Gasteiger partial charge in [-0.2, -0.15) is 0 Å². The number of nitrogens with zero attached hydrogens (tertiary/aromatic N) is 3. The normalized spacial score (nSPS) is 12.0. The zero-order valence-electron chi connectivity index (χ0n) is 38.3. The topological polar surface area (TPSA) is 14.8 Å². The van der Waals surface area contributed by atoms with Crippen LogP contribution in [0.25, 0.3) is 93.6 Å². The van der Waals surface area contributed by atoms with Gasteiger partial charge in [-0.15, -0.1) is 0 Å². The number of para-hydroxylation sites is 5. The van der Waals surface area contributed by atoms with Gasteiger partial charge in [0.2, 0.25) is 0 Å². The van der Waals surface area contributed by atoms with Crippen molar-refractivity contribution in [1.82, 2.24) is 13.7 Å². The Morgan fingerprint density at radius 1 is 0.257 bits per heavy atom. The molecule has 3 aromatic heterocycles. The van der Waals surface area contributed by atoms with Gasteiger partial charge < -0.3 is 13.7 Å². The lowest BCUT2D eigenvalue weighted by Crippen LogP contribution is -2.75. The highest BCUT2D eigenvalue weighted by molar-refractivity contribution is 7.20. The van der Waals surface area contributed by atoms with Gasteiger partial charge in [-0.05, 0) is 87.0 Å². The second-order valence-corrected chi connectivity index (χ2v) is 22.2. The summed E-state index contributed by atoms with van der Waals surface area (Å²) < 4.78 is 7.51. The molecule has 0 N–H and O–H groups in total. The molecule has 0 saturated heterocycles. The standard InChI is InChI=1S/C66H45N3Si/c1-5-22-46(23-6-1)52-30-13-17-35-59(52)69-63-42-40-47(67-60-36-18-14-31-53(60)54-32-15-19-37-61(54)67)44-57(63)58-45-48(41-43-64(58)69)68-62-38-20-16-33-55(62)56-34-21-39-65(66(56)68)70(49-24-7-2-8-25-49,50-26-9-3-10-27-50)51-28-11-4-12-29-51/h1-45H. The van der Waals surface area contributed by atoms with Gasteiger partial charge in [0.15, 0.2) is 8.07 Å². The van der Waals surface area contributed by atoms with Gasteiger partial charge in [0, 0.05) is 49.3 Å². The third-order valence-electron chi connectivity index (χ3n) is 14.8. The number of hydrogen-bond acceptors (Lipinski definition) is 0. The maximum Gasteiger partial charge on any atom is 0.181 e. The van der Waals surface area contributed by atoms with E-state index in [1.165, 1.54) is 86.3 Å². The van der Waals surface area contributed by atoms with Gasteiger partial charge in [-0.25, -0.2) is 0 Å². The van der Waals surface area contributed by atoms with E-state index < -0.39 is 8.07 Å². The van der Waals surface area contributed by atoms with Crippen molar-refractivity contribution >= 4 is 94.2 Å². The van der Waals surface area contributed by atoms with Gasteiger partial charge in [0.1, 0.15) is 0 Å². The van der Waals surface area contributed by atoms with E-state index in [0.29, 0.717) is 0 Å². The van der Waals surface area contributed by atoms with Crippen LogP contribution in [0.2, 0.25) is 0 Å². The Kier molecular flexibility index (Phi) is 9.23. The predicted octanol–water partition coefficient (Wildman–Crippen LogP) is 14.0. The number of hydrogen-bond donors (Lipinski definition) is 0. The van der Waals surface area contributed by atoms with Crippen molar-refractivity contribution in [2.75, 3.05) is 0 Å². The summed E-state index contributed by atoms with van der Waals surface area (Å²) in [6.45, 7) is 0. The molecule has 0 spiro atoms. The Labute approximate surface area is 407 Å². The first-order valence-electron chi connectivity index (χ1n) is 24.2. The minimum Gasteiger partial charge on any atom is -0.309 e. The summed E-state index contributed by atoms with van der Waals surface area (Å²) >= 11 is 0. The summed E-state index contributed by atoms with van der Waals surface area (Å²) in [6, 6.07) is 101. The van der Waals surface area contributed by atoms with E-state index in [1.807, 2.05) is 0 Å².